The maximum absolute atomic E-state index is 12.2. The van der Waals surface area contributed by atoms with Crippen LogP contribution < -0.4 is 14.8 Å². The lowest BCUT2D eigenvalue weighted by Gasteiger charge is -2.14. The fourth-order valence-electron chi connectivity index (χ4n) is 2.15. The monoisotopic (exact) mass is 369 g/mol. The smallest absolute Gasteiger partial charge is 0.251 e. The summed E-state index contributed by atoms with van der Waals surface area (Å²) in [7, 11) is 3.01. The summed E-state index contributed by atoms with van der Waals surface area (Å²) >= 11 is 11.9. The molecule has 128 valence electrons. The van der Waals surface area contributed by atoms with Gasteiger partial charge < -0.3 is 19.9 Å². The second kappa shape index (κ2) is 8.24. The van der Waals surface area contributed by atoms with E-state index in [4.69, 9.17) is 32.7 Å². The van der Waals surface area contributed by atoms with Gasteiger partial charge in [-0.3, -0.25) is 4.79 Å². The number of amides is 1. The minimum Gasteiger partial charge on any atom is -0.493 e. The molecule has 0 fully saturated rings. The zero-order valence-electron chi connectivity index (χ0n) is 13.2. The topological polar surface area (TPSA) is 67.8 Å². The number of aliphatic hydroxyl groups excluding tert-OH is 1. The van der Waals surface area contributed by atoms with Crippen LogP contribution in [0.3, 0.4) is 0 Å². The number of nitrogens with one attached hydrogen (secondary N) is 1. The molecule has 0 saturated heterocycles. The van der Waals surface area contributed by atoms with Gasteiger partial charge in [0.25, 0.3) is 5.91 Å². The first-order valence-corrected chi connectivity index (χ1v) is 7.85. The quantitative estimate of drug-likeness (QED) is 0.817. The van der Waals surface area contributed by atoms with Crippen LogP contribution in [-0.4, -0.2) is 31.8 Å². The Morgan fingerprint density at radius 3 is 2.46 bits per heavy atom. The Labute approximate surface area is 150 Å². The van der Waals surface area contributed by atoms with E-state index in [1.165, 1.54) is 20.3 Å². The molecule has 1 atom stereocenters. The highest BCUT2D eigenvalue weighted by molar-refractivity contribution is 6.35. The van der Waals surface area contributed by atoms with E-state index < -0.39 is 6.10 Å². The van der Waals surface area contributed by atoms with Crippen LogP contribution in [0.15, 0.2) is 36.4 Å². The van der Waals surface area contributed by atoms with Gasteiger partial charge in [-0.15, -0.1) is 0 Å². The summed E-state index contributed by atoms with van der Waals surface area (Å²) in [6.07, 6.45) is -0.945. The van der Waals surface area contributed by atoms with E-state index >= 15 is 0 Å². The number of methoxy groups -OCH3 is 2. The zero-order chi connectivity index (χ0) is 17.7. The molecule has 1 unspecified atom stereocenters. The average molecular weight is 370 g/mol. The first-order chi connectivity index (χ1) is 11.5. The highest BCUT2D eigenvalue weighted by atomic mass is 35.5. The molecule has 2 N–H and O–H groups in total. The van der Waals surface area contributed by atoms with Gasteiger partial charge in [0.2, 0.25) is 0 Å². The highest BCUT2D eigenvalue weighted by Gasteiger charge is 2.15. The van der Waals surface area contributed by atoms with E-state index in [2.05, 4.69) is 5.32 Å². The molecule has 2 aromatic rings. The van der Waals surface area contributed by atoms with Crippen LogP contribution >= 0.6 is 23.2 Å². The predicted octanol–water partition coefficient (Wildman–Crippen LogP) is 3.47. The molecule has 7 heteroatoms. The van der Waals surface area contributed by atoms with Crippen LogP contribution in [0.2, 0.25) is 10.0 Å². The van der Waals surface area contributed by atoms with Crippen LogP contribution in [0.4, 0.5) is 0 Å². The lowest BCUT2D eigenvalue weighted by molar-refractivity contribution is 0.0916. The largest absolute Gasteiger partial charge is 0.493 e. The third-order valence-electron chi connectivity index (χ3n) is 3.42. The molecule has 0 saturated carbocycles. The Morgan fingerprint density at radius 2 is 1.83 bits per heavy atom. The standard InChI is InChI=1S/C17H17Cl2NO4/c1-23-15-6-3-10(7-16(15)24-2)17(22)20-9-14(21)12-5-4-11(18)8-13(12)19/h3-8,14,21H,9H2,1-2H3,(H,20,22). The molecule has 1 amide bonds. The number of hydrogen-bond donors (Lipinski definition) is 2. The molecule has 0 aromatic heterocycles. The fourth-order valence-corrected chi connectivity index (χ4v) is 2.69. The molecule has 0 bridgehead atoms. The third kappa shape index (κ3) is 4.32. The van der Waals surface area contributed by atoms with E-state index in [1.54, 1.807) is 30.3 Å². The number of carbonyl (C=O) groups excluding carboxylic acids is 1. The first kappa shape index (κ1) is 18.4. The average Bonchev–Trinajstić information content (AvgIpc) is 2.58. The van der Waals surface area contributed by atoms with E-state index in [9.17, 15) is 9.90 Å². The summed E-state index contributed by atoms with van der Waals surface area (Å²) in [4.78, 5) is 12.2. The first-order valence-electron chi connectivity index (χ1n) is 7.09. The van der Waals surface area contributed by atoms with Crippen molar-refractivity contribution in [3.8, 4) is 11.5 Å². The van der Waals surface area contributed by atoms with E-state index in [0.29, 0.717) is 32.7 Å². The summed E-state index contributed by atoms with van der Waals surface area (Å²) in [5.41, 5.74) is 0.885. The SMILES string of the molecule is COc1ccc(C(=O)NCC(O)c2ccc(Cl)cc2Cl)cc1OC. The summed E-state index contributed by atoms with van der Waals surface area (Å²) in [6.45, 7) is 0.00846. The molecular formula is C17H17Cl2NO4. The Hall–Kier alpha value is -1.95. The summed E-state index contributed by atoms with van der Waals surface area (Å²) in [6, 6.07) is 9.60. The van der Waals surface area contributed by atoms with Crippen LogP contribution in [0.1, 0.15) is 22.0 Å². The molecule has 0 aliphatic heterocycles. The van der Waals surface area contributed by atoms with Gasteiger partial charge in [0.15, 0.2) is 11.5 Å². The number of hydrogen-bond acceptors (Lipinski definition) is 4. The van der Waals surface area contributed by atoms with Crippen LogP contribution in [0.25, 0.3) is 0 Å². The summed E-state index contributed by atoms with van der Waals surface area (Å²) in [5.74, 6) is 0.633. The van der Waals surface area contributed by atoms with Crippen molar-refractivity contribution in [1.82, 2.24) is 5.32 Å². The van der Waals surface area contributed by atoms with Crippen molar-refractivity contribution in [1.29, 1.82) is 0 Å². The number of ether oxygens (including phenoxy) is 2. The van der Waals surface area contributed by atoms with E-state index in [0.717, 1.165) is 0 Å². The van der Waals surface area contributed by atoms with Gasteiger partial charge in [0, 0.05) is 27.7 Å². The van der Waals surface area contributed by atoms with Crippen molar-refractivity contribution in [2.24, 2.45) is 0 Å². The molecule has 0 aliphatic rings. The Kier molecular flexibility index (Phi) is 6.31. The minimum absolute atomic E-state index is 0.00846. The minimum atomic E-state index is -0.945. The second-order valence-electron chi connectivity index (χ2n) is 4.96. The van der Waals surface area contributed by atoms with Crippen molar-refractivity contribution in [2.75, 3.05) is 20.8 Å². The maximum atomic E-state index is 12.2. The molecule has 2 aromatic carbocycles. The van der Waals surface area contributed by atoms with Gasteiger partial charge >= 0.3 is 0 Å². The lowest BCUT2D eigenvalue weighted by atomic mass is 10.1. The molecule has 0 radical (unpaired) electrons. The Morgan fingerprint density at radius 1 is 1.12 bits per heavy atom. The molecule has 2 rings (SSSR count). The van der Waals surface area contributed by atoms with Crippen LogP contribution in [-0.2, 0) is 0 Å². The zero-order valence-corrected chi connectivity index (χ0v) is 14.7. The second-order valence-corrected chi connectivity index (χ2v) is 5.81. The molecular weight excluding hydrogens is 353 g/mol. The van der Waals surface area contributed by atoms with Crippen LogP contribution in [0, 0.1) is 0 Å². The molecule has 0 heterocycles. The third-order valence-corrected chi connectivity index (χ3v) is 3.99. The van der Waals surface area contributed by atoms with Gasteiger partial charge in [-0.1, -0.05) is 29.3 Å². The van der Waals surface area contributed by atoms with Gasteiger partial charge in [-0.25, -0.2) is 0 Å². The van der Waals surface area contributed by atoms with Gasteiger partial charge in [-0.05, 0) is 30.3 Å². The maximum Gasteiger partial charge on any atom is 0.251 e. The molecule has 24 heavy (non-hydrogen) atoms. The number of halogens is 2. The molecule has 0 spiro atoms. The highest BCUT2D eigenvalue weighted by Crippen LogP contribution is 2.28. The van der Waals surface area contributed by atoms with Gasteiger partial charge in [-0.2, -0.15) is 0 Å². The van der Waals surface area contributed by atoms with Crippen molar-refractivity contribution >= 4 is 29.1 Å². The Balaban J connectivity index is 2.04. The van der Waals surface area contributed by atoms with Crippen molar-refractivity contribution in [3.05, 3.63) is 57.6 Å². The summed E-state index contributed by atoms with van der Waals surface area (Å²) < 4.78 is 10.3. The normalized spacial score (nSPS) is 11.7. The van der Waals surface area contributed by atoms with Crippen LogP contribution in [0.5, 0.6) is 11.5 Å². The predicted molar refractivity (Wildman–Crippen MR) is 93.3 cm³/mol. The molecule has 0 aliphatic carbocycles. The number of benzene rings is 2. The lowest BCUT2D eigenvalue weighted by Crippen LogP contribution is -2.28. The van der Waals surface area contributed by atoms with E-state index in [1.807, 2.05) is 0 Å². The fraction of sp³-hybridized carbons (Fsp3) is 0.235. The summed E-state index contributed by atoms with van der Waals surface area (Å²) in [5, 5.41) is 13.7. The van der Waals surface area contributed by atoms with Crippen molar-refractivity contribution in [3.63, 3.8) is 0 Å². The number of aliphatic hydroxyl groups is 1. The number of rotatable bonds is 6. The van der Waals surface area contributed by atoms with Crippen molar-refractivity contribution < 1.29 is 19.4 Å². The van der Waals surface area contributed by atoms with Gasteiger partial charge in [0.1, 0.15) is 0 Å². The number of carbonyl (C=O) groups is 1. The molecule has 5 nitrogen and oxygen atoms in total. The van der Waals surface area contributed by atoms with Crippen molar-refractivity contribution in [2.45, 2.75) is 6.10 Å². The van der Waals surface area contributed by atoms with Gasteiger partial charge in [0.05, 0.1) is 20.3 Å². The Bertz CT molecular complexity index is 737. The van der Waals surface area contributed by atoms with E-state index in [-0.39, 0.29) is 12.5 Å².